The standard InChI is InChI=1S/C13H19ClN2O3S/c1-9-4-5-16(8-13(9)17)20(18,19)11-3-2-10(7-15)12(14)6-11/h2-3,6,9,13,17H,4-5,7-8,15H2,1H3. The SMILES string of the molecule is CC1CCN(S(=O)(=O)c2ccc(CN)c(Cl)c2)CC1O. The van der Waals surface area contributed by atoms with Gasteiger partial charge in [0, 0.05) is 24.7 Å². The minimum atomic E-state index is -3.62. The maximum Gasteiger partial charge on any atom is 0.243 e. The van der Waals surface area contributed by atoms with Gasteiger partial charge in [0.2, 0.25) is 10.0 Å². The first kappa shape index (κ1) is 15.7. The first-order valence-electron chi connectivity index (χ1n) is 6.53. The highest BCUT2D eigenvalue weighted by Crippen LogP contribution is 2.26. The summed E-state index contributed by atoms with van der Waals surface area (Å²) in [4.78, 5) is 0.140. The summed E-state index contributed by atoms with van der Waals surface area (Å²) in [6.45, 7) is 2.72. The smallest absolute Gasteiger partial charge is 0.243 e. The van der Waals surface area contributed by atoms with Crippen molar-refractivity contribution in [1.82, 2.24) is 4.31 Å². The molecule has 1 aromatic carbocycles. The van der Waals surface area contributed by atoms with Gasteiger partial charge in [-0.2, -0.15) is 4.31 Å². The van der Waals surface area contributed by atoms with Crippen LogP contribution < -0.4 is 5.73 Å². The van der Waals surface area contributed by atoms with Crippen molar-refractivity contribution in [1.29, 1.82) is 0 Å². The van der Waals surface area contributed by atoms with Crippen molar-refractivity contribution in [3.8, 4) is 0 Å². The summed E-state index contributed by atoms with van der Waals surface area (Å²) in [5, 5.41) is 10.2. The molecule has 1 aromatic rings. The number of hydrogen-bond donors (Lipinski definition) is 2. The summed E-state index contributed by atoms with van der Waals surface area (Å²) in [5.74, 6) is 0.115. The zero-order valence-corrected chi connectivity index (χ0v) is 12.9. The van der Waals surface area contributed by atoms with E-state index in [4.69, 9.17) is 17.3 Å². The van der Waals surface area contributed by atoms with Crippen molar-refractivity contribution in [2.45, 2.75) is 30.9 Å². The summed E-state index contributed by atoms with van der Waals surface area (Å²) >= 11 is 6.01. The fourth-order valence-electron chi connectivity index (χ4n) is 2.24. The molecule has 0 radical (unpaired) electrons. The first-order chi connectivity index (χ1) is 9.36. The molecule has 20 heavy (non-hydrogen) atoms. The molecule has 2 unspecified atom stereocenters. The Bertz CT molecular complexity index is 591. The molecule has 0 amide bonds. The van der Waals surface area contributed by atoms with E-state index in [1.165, 1.54) is 16.4 Å². The molecule has 7 heteroatoms. The van der Waals surface area contributed by atoms with Crippen LogP contribution in [0.4, 0.5) is 0 Å². The van der Waals surface area contributed by atoms with Crippen LogP contribution in [0.5, 0.6) is 0 Å². The summed E-state index contributed by atoms with van der Waals surface area (Å²) in [6.07, 6.45) is 0.0203. The fourth-order valence-corrected chi connectivity index (χ4v) is 4.06. The van der Waals surface area contributed by atoms with Gasteiger partial charge in [-0.15, -0.1) is 0 Å². The van der Waals surface area contributed by atoms with Crippen molar-refractivity contribution in [3.05, 3.63) is 28.8 Å². The van der Waals surface area contributed by atoms with Gasteiger partial charge in [-0.25, -0.2) is 8.42 Å². The minimum Gasteiger partial charge on any atom is -0.391 e. The van der Waals surface area contributed by atoms with E-state index in [0.717, 1.165) is 0 Å². The molecule has 0 spiro atoms. The van der Waals surface area contributed by atoms with Gasteiger partial charge in [-0.3, -0.25) is 0 Å². The number of hydrogen-bond acceptors (Lipinski definition) is 4. The molecule has 3 N–H and O–H groups in total. The Hall–Kier alpha value is -0.660. The monoisotopic (exact) mass is 318 g/mol. The number of β-amino-alcohol motifs (C(OH)–C–C–N with tert-alkyl or cyclic N) is 1. The number of piperidine rings is 1. The molecule has 0 bridgehead atoms. The predicted molar refractivity (Wildman–Crippen MR) is 77.9 cm³/mol. The van der Waals surface area contributed by atoms with Crippen LogP contribution in [0.1, 0.15) is 18.9 Å². The Morgan fingerprint density at radius 3 is 2.75 bits per heavy atom. The van der Waals surface area contributed by atoms with E-state index in [2.05, 4.69) is 0 Å². The van der Waals surface area contributed by atoms with Crippen LogP contribution in [0.3, 0.4) is 0 Å². The van der Waals surface area contributed by atoms with Crippen LogP contribution in [-0.2, 0) is 16.6 Å². The van der Waals surface area contributed by atoms with Gasteiger partial charge < -0.3 is 10.8 Å². The van der Waals surface area contributed by atoms with E-state index >= 15 is 0 Å². The van der Waals surface area contributed by atoms with Crippen LogP contribution in [0.15, 0.2) is 23.1 Å². The number of benzene rings is 1. The van der Waals surface area contributed by atoms with Gasteiger partial charge in [-0.1, -0.05) is 24.6 Å². The number of halogens is 1. The lowest BCUT2D eigenvalue weighted by Gasteiger charge is -2.33. The zero-order valence-electron chi connectivity index (χ0n) is 11.3. The lowest BCUT2D eigenvalue weighted by Crippen LogP contribution is -2.45. The van der Waals surface area contributed by atoms with Gasteiger partial charge in [0.15, 0.2) is 0 Å². The molecule has 2 atom stereocenters. The van der Waals surface area contributed by atoms with Gasteiger partial charge in [0.1, 0.15) is 0 Å². The lowest BCUT2D eigenvalue weighted by molar-refractivity contribution is 0.0605. The second-order valence-electron chi connectivity index (χ2n) is 5.15. The molecule has 1 heterocycles. The third kappa shape index (κ3) is 2.99. The minimum absolute atomic E-state index is 0.115. The summed E-state index contributed by atoms with van der Waals surface area (Å²) in [7, 11) is -3.62. The number of rotatable bonds is 3. The van der Waals surface area contributed by atoms with Crippen LogP contribution in [0, 0.1) is 5.92 Å². The number of nitrogens with zero attached hydrogens (tertiary/aromatic N) is 1. The molecular formula is C13H19ClN2O3S. The Kier molecular flexibility index (Phi) is 4.71. The van der Waals surface area contributed by atoms with E-state index in [0.29, 0.717) is 23.6 Å². The molecule has 1 saturated heterocycles. The Morgan fingerprint density at radius 2 is 2.20 bits per heavy atom. The van der Waals surface area contributed by atoms with E-state index in [1.807, 2.05) is 6.92 Å². The highest BCUT2D eigenvalue weighted by atomic mass is 35.5. The zero-order chi connectivity index (χ0) is 14.9. The van der Waals surface area contributed by atoms with Crippen molar-refractivity contribution < 1.29 is 13.5 Å². The summed E-state index contributed by atoms with van der Waals surface area (Å²) in [5.41, 5.74) is 6.22. The van der Waals surface area contributed by atoms with Crippen molar-refractivity contribution in [3.63, 3.8) is 0 Å². The third-order valence-electron chi connectivity index (χ3n) is 3.76. The molecule has 0 aliphatic carbocycles. The maximum atomic E-state index is 12.5. The number of sulfonamides is 1. The van der Waals surface area contributed by atoms with Crippen molar-refractivity contribution in [2.24, 2.45) is 11.7 Å². The second-order valence-corrected chi connectivity index (χ2v) is 7.50. The molecule has 2 rings (SSSR count). The van der Waals surface area contributed by atoms with Gasteiger partial charge in [0.25, 0.3) is 0 Å². The summed E-state index contributed by atoms with van der Waals surface area (Å²) in [6, 6.07) is 4.55. The quantitative estimate of drug-likeness (QED) is 0.877. The van der Waals surface area contributed by atoms with E-state index in [-0.39, 0.29) is 23.9 Å². The maximum absolute atomic E-state index is 12.5. The number of aliphatic hydroxyl groups excluding tert-OH is 1. The molecule has 1 aliphatic rings. The predicted octanol–water partition coefficient (Wildman–Crippen LogP) is 1.19. The molecule has 1 aliphatic heterocycles. The Labute approximate surface area is 124 Å². The number of nitrogens with two attached hydrogens (primary N) is 1. The average molecular weight is 319 g/mol. The van der Waals surface area contributed by atoms with Gasteiger partial charge in [-0.05, 0) is 30.0 Å². The topological polar surface area (TPSA) is 83.6 Å². The van der Waals surface area contributed by atoms with Crippen molar-refractivity contribution >= 4 is 21.6 Å². The largest absolute Gasteiger partial charge is 0.391 e. The van der Waals surface area contributed by atoms with Crippen molar-refractivity contribution in [2.75, 3.05) is 13.1 Å². The highest BCUT2D eigenvalue weighted by molar-refractivity contribution is 7.89. The highest BCUT2D eigenvalue weighted by Gasteiger charge is 2.32. The molecular weight excluding hydrogens is 300 g/mol. The van der Waals surface area contributed by atoms with Crippen LogP contribution in [0.25, 0.3) is 0 Å². The third-order valence-corrected chi connectivity index (χ3v) is 5.98. The lowest BCUT2D eigenvalue weighted by atomic mass is 9.98. The van der Waals surface area contributed by atoms with Gasteiger partial charge >= 0.3 is 0 Å². The Morgan fingerprint density at radius 1 is 1.50 bits per heavy atom. The van der Waals surface area contributed by atoms with E-state index in [1.54, 1.807) is 6.07 Å². The van der Waals surface area contributed by atoms with Crippen LogP contribution >= 0.6 is 11.6 Å². The average Bonchev–Trinajstić information content (AvgIpc) is 2.41. The second kappa shape index (κ2) is 5.99. The Balaban J connectivity index is 2.29. The van der Waals surface area contributed by atoms with E-state index < -0.39 is 16.1 Å². The molecule has 5 nitrogen and oxygen atoms in total. The molecule has 0 aromatic heterocycles. The fraction of sp³-hybridized carbons (Fsp3) is 0.538. The van der Waals surface area contributed by atoms with E-state index in [9.17, 15) is 13.5 Å². The molecule has 0 saturated carbocycles. The van der Waals surface area contributed by atoms with Gasteiger partial charge in [0.05, 0.1) is 11.0 Å². The number of aliphatic hydroxyl groups is 1. The normalized spacial score (nSPS) is 24.8. The van der Waals surface area contributed by atoms with Crippen LogP contribution in [0.2, 0.25) is 5.02 Å². The summed E-state index contributed by atoms with van der Waals surface area (Å²) < 4.78 is 26.3. The van der Waals surface area contributed by atoms with Crippen LogP contribution in [-0.4, -0.2) is 37.0 Å². The molecule has 112 valence electrons. The first-order valence-corrected chi connectivity index (χ1v) is 8.34. The molecule has 1 fully saturated rings.